The number of anilines is 5. The molecule has 0 saturated heterocycles. The predicted octanol–water partition coefficient (Wildman–Crippen LogP) is 25.8. The van der Waals surface area contributed by atoms with Crippen molar-refractivity contribution in [3.8, 4) is 0 Å². The molecule has 18 aromatic rings. The van der Waals surface area contributed by atoms with E-state index >= 15 is 0 Å². The number of fused-ring (bicyclic) bond motifs is 3. The van der Waals surface area contributed by atoms with Crippen LogP contribution in [0.25, 0.3) is 32.3 Å². The number of benzene rings is 13. The number of hydrogen-bond acceptors (Lipinski definition) is 10. The van der Waals surface area contributed by atoms with E-state index < -0.39 is 0 Å². The van der Waals surface area contributed by atoms with Crippen LogP contribution in [0.5, 0.6) is 0 Å². The second-order valence-electron chi connectivity index (χ2n) is 30.1. The van der Waals surface area contributed by atoms with Gasteiger partial charge < -0.3 is 24.5 Å². The summed E-state index contributed by atoms with van der Waals surface area (Å²) in [6.45, 7) is 15.1. The maximum Gasteiger partial charge on any atom is 0.0439 e. The van der Waals surface area contributed by atoms with Crippen LogP contribution in [-0.4, -0.2) is 24.9 Å². The molecule has 0 bridgehead atoms. The minimum Gasteiger partial charge on any atom is -0.363 e. The minimum absolute atomic E-state index is 0.842. The summed E-state index contributed by atoms with van der Waals surface area (Å²) in [4.78, 5) is 32.7. The molecule has 0 atom stereocenters. The first-order chi connectivity index (χ1) is 59.2. The Hall–Kier alpha value is -14.6. The summed E-state index contributed by atoms with van der Waals surface area (Å²) >= 11 is 0. The largest absolute Gasteiger partial charge is 0.363 e. The van der Waals surface area contributed by atoms with Crippen molar-refractivity contribution in [2.75, 3.05) is 24.5 Å². The highest BCUT2D eigenvalue weighted by molar-refractivity contribution is 5.88. The van der Waals surface area contributed by atoms with E-state index in [0.29, 0.717) is 0 Å². The van der Waals surface area contributed by atoms with Gasteiger partial charge in [0.1, 0.15) is 0 Å². The van der Waals surface area contributed by atoms with Crippen LogP contribution in [0.2, 0.25) is 0 Å². The number of hydrogen-bond donors (Lipinski definition) is 0. The van der Waals surface area contributed by atoms with E-state index in [9.17, 15) is 0 Å². The third kappa shape index (κ3) is 24.5. The van der Waals surface area contributed by atoms with E-state index in [0.717, 1.165) is 65.4 Å². The lowest BCUT2D eigenvalue weighted by molar-refractivity contribution is 0.798. The van der Waals surface area contributed by atoms with Crippen LogP contribution in [0.3, 0.4) is 0 Å². The van der Waals surface area contributed by atoms with Crippen LogP contribution in [0.4, 0.5) is 28.4 Å². The second kappa shape index (κ2) is 43.4. The van der Waals surface area contributed by atoms with Crippen molar-refractivity contribution in [2.45, 2.75) is 86.2 Å². The molecule has 0 aliphatic rings. The van der Waals surface area contributed by atoms with Crippen LogP contribution in [0, 0.1) is 20.8 Å². The number of pyridine rings is 5. The molecular weight excluding hydrogens is 1460 g/mol. The summed E-state index contributed by atoms with van der Waals surface area (Å²) in [6.07, 6.45) is 18.6. The average Bonchev–Trinajstić information content (AvgIpc) is 0.800. The Labute approximate surface area is 708 Å². The molecule has 0 unspecified atom stereocenters. The number of rotatable bonds is 25. The normalized spacial score (nSPS) is 10.6. The average molecular weight is 1560 g/mol. The SMILES string of the molecule is Cc1ccc(CN(Cc2ccc(C)cc2)c2ccncc2)cc1.Cc1ccc(CN(Cc2ccccc2)c2ccncc2)cc1.c1ccc(CN(Cc2cccc3ccccc23)c2ccncc2)cc1.c1ccc(CN(Cc2ccccc2)c2ccncc2)cc1.c1ccc2c(CN(Cc3cccc4ccccc34)c3ccncc3)cccc2c1. The maximum absolute atomic E-state index is 4.22. The molecule has 120 heavy (non-hydrogen) atoms. The van der Waals surface area contributed by atoms with Gasteiger partial charge in [0, 0.05) is 156 Å². The van der Waals surface area contributed by atoms with E-state index in [4.69, 9.17) is 0 Å². The number of aromatic nitrogens is 5. The summed E-state index contributed by atoms with van der Waals surface area (Å²) in [5.41, 5.74) is 23.0. The molecule has 0 radical (unpaired) electrons. The van der Waals surface area contributed by atoms with Crippen molar-refractivity contribution in [3.63, 3.8) is 0 Å². The van der Waals surface area contributed by atoms with Crippen molar-refractivity contribution in [1.82, 2.24) is 24.9 Å². The van der Waals surface area contributed by atoms with Crippen molar-refractivity contribution < 1.29 is 0 Å². The Morgan fingerprint density at radius 1 is 0.158 bits per heavy atom. The predicted molar refractivity (Wildman–Crippen MR) is 502 cm³/mol. The first kappa shape index (κ1) is 81.9. The molecule has 0 fully saturated rings. The molecule has 0 N–H and O–H groups in total. The topological polar surface area (TPSA) is 80.7 Å². The van der Waals surface area contributed by atoms with Crippen LogP contribution < -0.4 is 24.5 Å². The van der Waals surface area contributed by atoms with Gasteiger partial charge in [0.25, 0.3) is 0 Å². The highest BCUT2D eigenvalue weighted by Crippen LogP contribution is 2.31. The van der Waals surface area contributed by atoms with Crippen molar-refractivity contribution in [1.29, 1.82) is 0 Å². The van der Waals surface area contributed by atoms with Crippen LogP contribution in [0.15, 0.2) is 444 Å². The van der Waals surface area contributed by atoms with E-state index in [-0.39, 0.29) is 0 Å². The highest BCUT2D eigenvalue weighted by Gasteiger charge is 2.17. The van der Waals surface area contributed by atoms with Crippen LogP contribution in [0.1, 0.15) is 72.3 Å². The molecule has 5 aromatic heterocycles. The standard InChI is InChI=1S/C27H22N2.C23H20N2.C21H22N2.C20H20N2.C19H18N2/c1-3-13-26-21(7-1)9-5-11-23(26)19-29(25-15-17-28-18-16-25)20-24-12-6-10-22-8-2-4-14-27(22)24;1-2-7-19(8-3-1)17-25(22-13-15-24-16-14-22)18-21-11-6-10-20-9-4-5-12-23(20)21;1-17-3-7-19(8-4-17)15-23(21-11-13-22-14-12-21)16-20-9-5-18(2)6-10-20;1-17-7-9-19(10-8-17)16-22(20-11-13-21-14-12-20)15-18-5-3-2-4-6-18;1-3-7-17(8-4-1)15-21(19-11-13-20-14-12-19)16-18-9-5-2-6-10-18/h1-18H,19-20H2;1-16H,17-18H2;3-14H,15-16H2,1-2H3;2-14H,15-16H2,1H3;1-14H,15-16H2. The van der Waals surface area contributed by atoms with Crippen molar-refractivity contribution >= 4 is 60.8 Å². The van der Waals surface area contributed by atoms with E-state index in [2.05, 4.69) is 452 Å². The lowest BCUT2D eigenvalue weighted by Crippen LogP contribution is -2.22. The van der Waals surface area contributed by atoms with Gasteiger partial charge in [-0.15, -0.1) is 0 Å². The Morgan fingerprint density at radius 2 is 0.333 bits per heavy atom. The maximum atomic E-state index is 4.22. The fourth-order valence-electron chi connectivity index (χ4n) is 14.8. The van der Waals surface area contributed by atoms with Crippen molar-refractivity contribution in [2.24, 2.45) is 0 Å². The molecule has 13 aromatic carbocycles. The molecule has 10 nitrogen and oxygen atoms in total. The Balaban J connectivity index is 0.000000123. The second-order valence-corrected chi connectivity index (χ2v) is 30.1. The van der Waals surface area contributed by atoms with E-state index in [1.165, 1.54) is 133 Å². The number of aryl methyl sites for hydroxylation is 3. The van der Waals surface area contributed by atoms with Gasteiger partial charge in [0.2, 0.25) is 0 Å². The summed E-state index contributed by atoms with van der Waals surface area (Å²) in [5.74, 6) is 0. The summed E-state index contributed by atoms with van der Waals surface area (Å²) in [5, 5.41) is 7.79. The minimum atomic E-state index is 0.842. The summed E-state index contributed by atoms with van der Waals surface area (Å²) in [6, 6.07) is 135. The Bertz CT molecular complexity index is 5820. The fourth-order valence-corrected chi connectivity index (χ4v) is 14.8. The molecule has 0 aliphatic carbocycles. The molecular formula is C110H102N10. The Kier molecular flexibility index (Phi) is 29.6. The molecule has 592 valence electrons. The molecule has 5 heterocycles. The Morgan fingerprint density at radius 3 is 0.558 bits per heavy atom. The van der Waals surface area contributed by atoms with Gasteiger partial charge in [-0.1, -0.05) is 338 Å². The zero-order valence-corrected chi connectivity index (χ0v) is 68.7. The van der Waals surface area contributed by atoms with Gasteiger partial charge in [-0.3, -0.25) is 24.9 Å². The van der Waals surface area contributed by atoms with Gasteiger partial charge in [0.15, 0.2) is 0 Å². The zero-order valence-electron chi connectivity index (χ0n) is 68.7. The summed E-state index contributed by atoms with van der Waals surface area (Å²) in [7, 11) is 0. The first-order valence-electron chi connectivity index (χ1n) is 41.2. The monoisotopic (exact) mass is 1560 g/mol. The lowest BCUT2D eigenvalue weighted by atomic mass is 10.0. The quantitative estimate of drug-likeness (QED) is 0.0552. The zero-order chi connectivity index (χ0) is 82.0. The van der Waals surface area contributed by atoms with Crippen LogP contribution in [-0.2, 0) is 65.4 Å². The highest BCUT2D eigenvalue weighted by atomic mass is 15.2. The van der Waals surface area contributed by atoms with Gasteiger partial charge in [0.05, 0.1) is 0 Å². The molecule has 0 spiro atoms. The van der Waals surface area contributed by atoms with E-state index in [1.54, 1.807) is 0 Å². The van der Waals surface area contributed by atoms with Crippen molar-refractivity contribution in [3.05, 3.63) is 516 Å². The molecule has 0 amide bonds. The lowest BCUT2D eigenvalue weighted by Gasteiger charge is -2.26. The van der Waals surface area contributed by atoms with E-state index in [1.807, 2.05) is 62.0 Å². The molecule has 18 rings (SSSR count). The summed E-state index contributed by atoms with van der Waals surface area (Å²) < 4.78 is 0. The fraction of sp³-hybridized carbons (Fsp3) is 0.118. The van der Waals surface area contributed by atoms with Gasteiger partial charge >= 0.3 is 0 Å². The van der Waals surface area contributed by atoms with Gasteiger partial charge in [-0.05, 0) is 169 Å². The van der Waals surface area contributed by atoms with Crippen LogP contribution >= 0.6 is 0 Å². The third-order valence-corrected chi connectivity index (χ3v) is 21.2. The first-order valence-corrected chi connectivity index (χ1v) is 41.2. The van der Waals surface area contributed by atoms with Gasteiger partial charge in [-0.25, -0.2) is 0 Å². The molecule has 10 heteroatoms. The smallest absolute Gasteiger partial charge is 0.0439 e. The molecule has 0 aliphatic heterocycles. The van der Waals surface area contributed by atoms with Gasteiger partial charge in [-0.2, -0.15) is 0 Å². The number of nitrogens with zero attached hydrogens (tertiary/aromatic N) is 10. The molecule has 0 saturated carbocycles. The third-order valence-electron chi connectivity index (χ3n) is 21.2.